The molecule has 0 amide bonds. The summed E-state index contributed by atoms with van der Waals surface area (Å²) >= 11 is 0. The maximum absolute atomic E-state index is 9.25. The van der Waals surface area contributed by atoms with E-state index in [0.717, 1.165) is 18.4 Å². The van der Waals surface area contributed by atoms with Crippen LogP contribution in [-0.4, -0.2) is 20.4 Å². The minimum atomic E-state index is 0.159. The molecule has 0 bridgehead atoms. The van der Waals surface area contributed by atoms with Gasteiger partial charge in [-0.1, -0.05) is 155 Å². The van der Waals surface area contributed by atoms with Crippen molar-refractivity contribution in [3.8, 4) is 34.1 Å². The summed E-state index contributed by atoms with van der Waals surface area (Å²) in [6, 6.07) is 39.7. The predicted molar refractivity (Wildman–Crippen MR) is 217 cm³/mol. The van der Waals surface area contributed by atoms with Gasteiger partial charge in [-0.15, -0.1) is 0 Å². The lowest BCUT2D eigenvalue weighted by Crippen LogP contribution is -2.24. The largest absolute Gasteiger partial charge is 0.508 e. The van der Waals surface area contributed by atoms with E-state index in [9.17, 15) is 5.11 Å². The second-order valence-corrected chi connectivity index (χ2v) is 16.7. The lowest BCUT2D eigenvalue weighted by Gasteiger charge is -2.33. The summed E-state index contributed by atoms with van der Waals surface area (Å²) in [5.74, 6) is 1.31. The lowest BCUT2D eigenvalue weighted by molar-refractivity contribution is 0.284. The van der Waals surface area contributed by atoms with E-state index in [1.165, 1.54) is 22.3 Å². The fraction of sp³-hybridized carbons (Fsp3) is 0.362. The first-order valence-corrected chi connectivity index (χ1v) is 17.9. The van der Waals surface area contributed by atoms with Gasteiger partial charge in [0.15, 0.2) is 0 Å². The molecule has 51 heavy (non-hydrogen) atoms. The van der Waals surface area contributed by atoms with E-state index in [4.69, 9.17) is 15.3 Å². The van der Waals surface area contributed by atoms with Crippen LogP contribution in [0.1, 0.15) is 106 Å². The zero-order valence-corrected chi connectivity index (χ0v) is 32.8. The molecular formula is C47H62O4. The Morgan fingerprint density at radius 3 is 1.02 bits per heavy atom. The highest BCUT2D eigenvalue weighted by atomic mass is 16.3. The maximum Gasteiger partial charge on any atom is 0.115 e. The smallest absolute Gasteiger partial charge is 0.115 e. The Balaban J connectivity index is 0.000000237. The molecule has 0 aliphatic rings. The predicted octanol–water partition coefficient (Wildman–Crippen LogP) is 12.9. The Morgan fingerprint density at radius 2 is 0.686 bits per heavy atom. The number of aromatic hydroxyl groups is 4. The van der Waals surface area contributed by atoms with Gasteiger partial charge in [-0.25, -0.2) is 0 Å². The monoisotopic (exact) mass is 690 g/mol. The van der Waals surface area contributed by atoms with E-state index in [-0.39, 0.29) is 16.2 Å². The van der Waals surface area contributed by atoms with Crippen molar-refractivity contribution >= 4 is 0 Å². The highest BCUT2D eigenvalue weighted by Gasteiger charge is 2.27. The van der Waals surface area contributed by atoms with Gasteiger partial charge in [0.2, 0.25) is 0 Å². The van der Waals surface area contributed by atoms with Gasteiger partial charge in [0.25, 0.3) is 0 Å². The van der Waals surface area contributed by atoms with E-state index >= 15 is 0 Å². The fourth-order valence-corrected chi connectivity index (χ4v) is 5.70. The third-order valence-corrected chi connectivity index (χ3v) is 8.86. The highest BCUT2D eigenvalue weighted by Crippen LogP contribution is 2.36. The molecule has 0 aromatic heterocycles. The summed E-state index contributed by atoms with van der Waals surface area (Å²) in [4.78, 5) is 0. The fourth-order valence-electron chi connectivity index (χ4n) is 5.70. The molecule has 4 nitrogen and oxygen atoms in total. The zero-order chi connectivity index (χ0) is 38.5. The molecule has 0 unspecified atom stereocenters. The molecule has 4 N–H and O–H groups in total. The molecule has 4 heteroatoms. The standard InChI is InChI=1S/C14H22O.C12H10O.C11H16O.C10H14O/c1-13(2,3)10-14(4,5)11-6-8-12(15)9-7-11;13-12-8-6-11(7-9-12)10-4-2-1-3-5-10;1-4-11(2,3)9-5-7-10(12)8-6-9;1-10(2,3)8-4-6-9(11)7-5-8/h6-9,15H,10H2,1-5H3;1-9,13H;5-8,12H,4H2,1-3H3;4-7,11H,1-3H3. The summed E-state index contributed by atoms with van der Waals surface area (Å²) in [6.07, 6.45) is 2.24. The van der Waals surface area contributed by atoms with Gasteiger partial charge in [-0.05, 0) is 111 Å². The molecule has 0 atom stereocenters. The van der Waals surface area contributed by atoms with Crippen molar-refractivity contribution < 1.29 is 20.4 Å². The average molecular weight is 691 g/mol. The van der Waals surface area contributed by atoms with Crippen molar-refractivity contribution in [1.29, 1.82) is 0 Å². The molecule has 0 fully saturated rings. The zero-order valence-electron chi connectivity index (χ0n) is 32.8. The van der Waals surface area contributed by atoms with Crippen molar-refractivity contribution in [3.63, 3.8) is 0 Å². The first-order chi connectivity index (χ1) is 23.6. The van der Waals surface area contributed by atoms with E-state index < -0.39 is 0 Å². The summed E-state index contributed by atoms with van der Waals surface area (Å²) in [5, 5.41) is 36.5. The van der Waals surface area contributed by atoms with Crippen molar-refractivity contribution in [2.75, 3.05) is 0 Å². The summed E-state index contributed by atoms with van der Waals surface area (Å²) in [6.45, 7) is 24.3. The molecule has 274 valence electrons. The number of hydrogen-bond acceptors (Lipinski definition) is 4. The SMILES string of the molecule is CC(C)(C)CC(C)(C)c1ccc(O)cc1.CC(C)(C)c1ccc(O)cc1.CCC(C)(C)c1ccc(O)cc1.Oc1ccc(-c2ccccc2)cc1. The molecule has 5 rings (SSSR count). The number of phenolic OH excluding ortho intramolecular Hbond substituents is 4. The minimum Gasteiger partial charge on any atom is -0.508 e. The molecule has 0 saturated carbocycles. The second kappa shape index (κ2) is 18.5. The summed E-state index contributed by atoms with van der Waals surface area (Å²) in [7, 11) is 0. The van der Waals surface area contributed by atoms with Gasteiger partial charge < -0.3 is 20.4 Å². The van der Waals surface area contributed by atoms with Crippen LogP contribution in [0.15, 0.2) is 127 Å². The van der Waals surface area contributed by atoms with Crippen molar-refractivity contribution in [1.82, 2.24) is 0 Å². The van der Waals surface area contributed by atoms with Gasteiger partial charge >= 0.3 is 0 Å². The normalized spacial score (nSPS) is 11.5. The molecule has 0 saturated heterocycles. The molecule has 0 aliphatic carbocycles. The molecule has 0 heterocycles. The third-order valence-electron chi connectivity index (χ3n) is 8.86. The molecule has 0 aliphatic heterocycles. The van der Waals surface area contributed by atoms with Gasteiger partial charge in [0.1, 0.15) is 23.0 Å². The van der Waals surface area contributed by atoms with Crippen molar-refractivity contribution in [2.45, 2.75) is 105 Å². The van der Waals surface area contributed by atoms with Crippen LogP contribution in [-0.2, 0) is 16.2 Å². The van der Waals surface area contributed by atoms with Crippen molar-refractivity contribution in [2.24, 2.45) is 5.41 Å². The molecule has 0 spiro atoms. The second-order valence-electron chi connectivity index (χ2n) is 16.7. The molecule has 0 radical (unpaired) electrons. The van der Waals surface area contributed by atoms with Gasteiger partial charge in [0.05, 0.1) is 0 Å². The number of rotatable bonds is 5. The van der Waals surface area contributed by atoms with E-state index in [1.807, 2.05) is 78.9 Å². The van der Waals surface area contributed by atoms with Crippen LogP contribution >= 0.6 is 0 Å². The Morgan fingerprint density at radius 1 is 0.373 bits per heavy atom. The highest BCUT2D eigenvalue weighted by molar-refractivity contribution is 5.63. The van der Waals surface area contributed by atoms with Gasteiger partial charge in [0, 0.05) is 0 Å². The molecule has 5 aromatic carbocycles. The van der Waals surface area contributed by atoms with Crippen LogP contribution in [0.25, 0.3) is 11.1 Å². The number of phenols is 4. The Hall–Kier alpha value is -4.70. The molecular weight excluding hydrogens is 629 g/mol. The Bertz CT molecular complexity index is 1690. The van der Waals surface area contributed by atoms with Crippen LogP contribution < -0.4 is 0 Å². The first-order valence-electron chi connectivity index (χ1n) is 17.9. The Kier molecular flexibility index (Phi) is 15.4. The van der Waals surface area contributed by atoms with Gasteiger partial charge in [-0.3, -0.25) is 0 Å². The first kappa shape index (κ1) is 42.5. The quantitative estimate of drug-likeness (QED) is 0.148. The van der Waals surface area contributed by atoms with Crippen LogP contribution in [0.4, 0.5) is 0 Å². The molecule has 5 aromatic rings. The topological polar surface area (TPSA) is 80.9 Å². The van der Waals surface area contributed by atoms with Crippen molar-refractivity contribution in [3.05, 3.63) is 144 Å². The summed E-state index contributed by atoms with van der Waals surface area (Å²) < 4.78 is 0. The van der Waals surface area contributed by atoms with E-state index in [2.05, 4.69) is 76.2 Å². The van der Waals surface area contributed by atoms with E-state index in [0.29, 0.717) is 28.4 Å². The number of benzene rings is 5. The third kappa shape index (κ3) is 15.4. The van der Waals surface area contributed by atoms with Gasteiger partial charge in [-0.2, -0.15) is 0 Å². The minimum absolute atomic E-state index is 0.159. The number of hydrogen-bond donors (Lipinski definition) is 4. The van der Waals surface area contributed by atoms with Crippen LogP contribution in [0.5, 0.6) is 23.0 Å². The van der Waals surface area contributed by atoms with E-state index in [1.54, 1.807) is 48.5 Å². The van der Waals surface area contributed by atoms with Crippen LogP contribution in [0.2, 0.25) is 0 Å². The Labute approximate surface area is 308 Å². The average Bonchev–Trinajstić information content (AvgIpc) is 3.06. The maximum atomic E-state index is 9.25. The lowest BCUT2D eigenvalue weighted by atomic mass is 9.72. The summed E-state index contributed by atoms with van der Waals surface area (Å²) in [5.41, 5.74) is 6.98. The van der Waals surface area contributed by atoms with Crippen LogP contribution in [0, 0.1) is 5.41 Å². The van der Waals surface area contributed by atoms with Crippen LogP contribution in [0.3, 0.4) is 0 Å².